The van der Waals surface area contributed by atoms with Crippen LogP contribution in [0.4, 0.5) is 5.95 Å². The van der Waals surface area contributed by atoms with E-state index in [1.165, 1.54) is 0 Å². The number of rotatable bonds is 5. The molecule has 128 valence electrons. The number of anilines is 1. The van der Waals surface area contributed by atoms with Crippen LogP contribution in [0.15, 0.2) is 36.0 Å². The van der Waals surface area contributed by atoms with Crippen LogP contribution in [0.5, 0.6) is 0 Å². The number of hydrogen-bond acceptors (Lipinski definition) is 6. The molecular weight excluding hydrogens is 324 g/mol. The molecule has 1 amide bonds. The Kier molecular flexibility index (Phi) is 5.11. The lowest BCUT2D eigenvalue weighted by Crippen LogP contribution is -2.55. The van der Waals surface area contributed by atoms with E-state index in [-0.39, 0.29) is 5.91 Å². The van der Waals surface area contributed by atoms with Gasteiger partial charge in [-0.3, -0.25) is 4.79 Å². The standard InChI is InChI=1S/C17H22N4O2S/c1-20(15(22)11-14-5-2-10-24-14)12-17(23)6-3-9-21(13-17)16-18-7-4-8-19-16/h2,4-5,7-8,10,23H,3,6,9,11-13H2,1H3/t17-/m1/s1. The molecule has 0 spiro atoms. The van der Waals surface area contributed by atoms with Gasteiger partial charge in [-0.25, -0.2) is 9.97 Å². The summed E-state index contributed by atoms with van der Waals surface area (Å²) in [4.78, 5) is 25.5. The molecule has 0 radical (unpaired) electrons. The molecule has 6 nitrogen and oxygen atoms in total. The number of carbonyl (C=O) groups excluding carboxylic acids is 1. The number of likely N-dealkylation sites (N-methyl/N-ethyl adjacent to an activating group) is 1. The van der Waals surface area contributed by atoms with E-state index in [4.69, 9.17) is 0 Å². The van der Waals surface area contributed by atoms with Gasteiger partial charge >= 0.3 is 0 Å². The molecule has 1 aliphatic rings. The SMILES string of the molecule is CN(C[C@]1(O)CCCN(c2ncccn2)C1)C(=O)Cc1cccs1. The van der Waals surface area contributed by atoms with E-state index in [2.05, 4.69) is 9.97 Å². The Bertz CT molecular complexity index is 664. The lowest BCUT2D eigenvalue weighted by molar-refractivity contribution is -0.132. The van der Waals surface area contributed by atoms with E-state index in [1.807, 2.05) is 22.4 Å². The normalized spacial score (nSPS) is 20.8. The second-order valence-electron chi connectivity index (χ2n) is 6.30. The second-order valence-corrected chi connectivity index (χ2v) is 7.34. The van der Waals surface area contributed by atoms with Crippen molar-refractivity contribution in [2.45, 2.75) is 24.9 Å². The van der Waals surface area contributed by atoms with Crippen LogP contribution in [-0.2, 0) is 11.2 Å². The first kappa shape index (κ1) is 16.9. The van der Waals surface area contributed by atoms with Gasteiger partial charge in [0.1, 0.15) is 0 Å². The smallest absolute Gasteiger partial charge is 0.227 e. The fourth-order valence-corrected chi connectivity index (χ4v) is 3.79. The van der Waals surface area contributed by atoms with Gasteiger partial charge in [0, 0.05) is 30.9 Å². The summed E-state index contributed by atoms with van der Waals surface area (Å²) in [5, 5.41) is 12.9. The highest BCUT2D eigenvalue weighted by atomic mass is 32.1. The average molecular weight is 346 g/mol. The van der Waals surface area contributed by atoms with Crippen LogP contribution in [0.2, 0.25) is 0 Å². The van der Waals surface area contributed by atoms with Crippen molar-refractivity contribution in [2.24, 2.45) is 0 Å². The van der Waals surface area contributed by atoms with Crippen molar-refractivity contribution in [3.8, 4) is 0 Å². The van der Waals surface area contributed by atoms with Gasteiger partial charge in [0.05, 0.1) is 25.1 Å². The topological polar surface area (TPSA) is 69.6 Å². The van der Waals surface area contributed by atoms with Crippen LogP contribution >= 0.6 is 11.3 Å². The van der Waals surface area contributed by atoms with Crippen molar-refractivity contribution in [3.63, 3.8) is 0 Å². The first-order valence-corrected chi connectivity index (χ1v) is 8.94. The molecule has 0 aromatic carbocycles. The number of aliphatic hydroxyl groups is 1. The molecule has 3 rings (SSSR count). The summed E-state index contributed by atoms with van der Waals surface area (Å²) in [5.74, 6) is 0.655. The maximum absolute atomic E-state index is 12.4. The van der Waals surface area contributed by atoms with Crippen LogP contribution < -0.4 is 4.90 Å². The van der Waals surface area contributed by atoms with Crippen molar-refractivity contribution in [3.05, 3.63) is 40.8 Å². The molecule has 1 N–H and O–H groups in total. The number of aromatic nitrogens is 2. The maximum Gasteiger partial charge on any atom is 0.227 e. The number of nitrogens with zero attached hydrogens (tertiary/aromatic N) is 4. The molecule has 1 fully saturated rings. The first-order valence-electron chi connectivity index (χ1n) is 8.06. The van der Waals surface area contributed by atoms with Crippen LogP contribution in [-0.4, -0.2) is 58.2 Å². The third kappa shape index (κ3) is 4.10. The number of hydrogen-bond donors (Lipinski definition) is 1. The van der Waals surface area contributed by atoms with Gasteiger partial charge in [-0.2, -0.15) is 0 Å². The molecule has 0 saturated carbocycles. The zero-order chi connectivity index (χ0) is 17.0. The third-order valence-corrected chi connectivity index (χ3v) is 5.13. The molecular formula is C17H22N4O2S. The van der Waals surface area contributed by atoms with Gasteiger partial charge in [0.2, 0.25) is 11.9 Å². The number of thiophene rings is 1. The monoisotopic (exact) mass is 346 g/mol. The Morgan fingerprint density at radius 3 is 2.92 bits per heavy atom. The lowest BCUT2D eigenvalue weighted by atomic mass is 9.92. The zero-order valence-electron chi connectivity index (χ0n) is 13.8. The Morgan fingerprint density at radius 2 is 2.21 bits per heavy atom. The molecule has 1 aliphatic heterocycles. The molecule has 0 bridgehead atoms. The van der Waals surface area contributed by atoms with Gasteiger partial charge in [0.25, 0.3) is 0 Å². The summed E-state index contributed by atoms with van der Waals surface area (Å²) in [6.45, 7) is 1.58. The summed E-state index contributed by atoms with van der Waals surface area (Å²) < 4.78 is 0. The molecule has 0 unspecified atom stereocenters. The number of β-amino-alcohol motifs (C(OH)–C–C–N with tert-alkyl or cyclic N) is 1. The van der Waals surface area contributed by atoms with Crippen LogP contribution in [0, 0.1) is 0 Å². The van der Waals surface area contributed by atoms with Crippen molar-refractivity contribution in [1.82, 2.24) is 14.9 Å². The van der Waals surface area contributed by atoms with E-state index in [9.17, 15) is 9.90 Å². The van der Waals surface area contributed by atoms with Crippen molar-refractivity contribution < 1.29 is 9.90 Å². The average Bonchev–Trinajstić information content (AvgIpc) is 3.08. The Hall–Kier alpha value is -1.99. The molecule has 1 saturated heterocycles. The summed E-state index contributed by atoms with van der Waals surface area (Å²) in [6.07, 6.45) is 5.31. The van der Waals surface area contributed by atoms with Gasteiger partial charge in [0.15, 0.2) is 0 Å². The van der Waals surface area contributed by atoms with Crippen molar-refractivity contribution in [2.75, 3.05) is 31.6 Å². The van der Waals surface area contributed by atoms with E-state index in [0.29, 0.717) is 31.9 Å². The van der Waals surface area contributed by atoms with Crippen molar-refractivity contribution >= 4 is 23.2 Å². The van der Waals surface area contributed by atoms with E-state index < -0.39 is 5.60 Å². The lowest BCUT2D eigenvalue weighted by Gasteiger charge is -2.41. The van der Waals surface area contributed by atoms with Crippen molar-refractivity contribution in [1.29, 1.82) is 0 Å². The van der Waals surface area contributed by atoms with Gasteiger partial charge < -0.3 is 14.9 Å². The highest BCUT2D eigenvalue weighted by molar-refractivity contribution is 7.10. The molecule has 2 aromatic heterocycles. The summed E-state index contributed by atoms with van der Waals surface area (Å²) in [7, 11) is 1.76. The molecule has 7 heteroatoms. The van der Waals surface area contributed by atoms with E-state index in [0.717, 1.165) is 17.8 Å². The number of carbonyl (C=O) groups is 1. The Balaban J connectivity index is 1.61. The summed E-state index contributed by atoms with van der Waals surface area (Å²) in [6, 6.07) is 5.68. The maximum atomic E-state index is 12.4. The Morgan fingerprint density at radius 1 is 1.42 bits per heavy atom. The second kappa shape index (κ2) is 7.27. The largest absolute Gasteiger partial charge is 0.386 e. The molecule has 2 aromatic rings. The minimum atomic E-state index is -0.933. The van der Waals surface area contributed by atoms with E-state index >= 15 is 0 Å². The van der Waals surface area contributed by atoms with Gasteiger partial charge in [-0.1, -0.05) is 6.07 Å². The van der Waals surface area contributed by atoms with Gasteiger partial charge in [-0.15, -0.1) is 11.3 Å². The molecule has 3 heterocycles. The molecule has 24 heavy (non-hydrogen) atoms. The van der Waals surface area contributed by atoms with Crippen LogP contribution in [0.1, 0.15) is 17.7 Å². The predicted octanol–water partition coefficient (Wildman–Crippen LogP) is 1.57. The van der Waals surface area contributed by atoms with Crippen LogP contribution in [0.25, 0.3) is 0 Å². The molecule has 1 atom stereocenters. The number of piperidine rings is 1. The highest BCUT2D eigenvalue weighted by Gasteiger charge is 2.36. The van der Waals surface area contributed by atoms with Gasteiger partial charge in [-0.05, 0) is 30.4 Å². The summed E-state index contributed by atoms with van der Waals surface area (Å²) in [5.41, 5.74) is -0.933. The fraction of sp³-hybridized carbons (Fsp3) is 0.471. The van der Waals surface area contributed by atoms with E-state index in [1.54, 1.807) is 41.7 Å². The predicted molar refractivity (Wildman–Crippen MR) is 94.1 cm³/mol. The minimum absolute atomic E-state index is 0.0268. The quantitative estimate of drug-likeness (QED) is 0.890. The highest BCUT2D eigenvalue weighted by Crippen LogP contribution is 2.24. The summed E-state index contributed by atoms with van der Waals surface area (Å²) >= 11 is 1.58. The van der Waals surface area contributed by atoms with Crippen LogP contribution in [0.3, 0.4) is 0 Å². The Labute approximate surface area is 145 Å². The minimum Gasteiger partial charge on any atom is -0.386 e. The number of amides is 1. The third-order valence-electron chi connectivity index (χ3n) is 4.25. The zero-order valence-corrected chi connectivity index (χ0v) is 14.6. The first-order chi connectivity index (χ1) is 11.6. The fourth-order valence-electron chi connectivity index (χ4n) is 3.09. The molecule has 0 aliphatic carbocycles.